The molecule has 1 saturated heterocycles. The highest BCUT2D eigenvalue weighted by atomic mass is 35.5. The van der Waals surface area contributed by atoms with Crippen molar-refractivity contribution in [2.75, 3.05) is 0 Å². The van der Waals surface area contributed by atoms with E-state index in [4.69, 9.17) is 11.6 Å². The van der Waals surface area contributed by atoms with Gasteiger partial charge in [0.25, 0.3) is 5.91 Å². The maximum absolute atomic E-state index is 13.1. The van der Waals surface area contributed by atoms with Crippen LogP contribution in [-0.2, 0) is 0 Å². The number of hydrazine groups is 1. The van der Waals surface area contributed by atoms with Crippen LogP contribution in [0.3, 0.4) is 0 Å². The SMILES string of the molecule is CC1NNC(c2ccc(F)cc2)C1NC(=O)c1ccc(Cl)cc1. The Labute approximate surface area is 139 Å². The fraction of sp³-hybridized carbons (Fsp3) is 0.235. The smallest absolute Gasteiger partial charge is 0.251 e. The first-order valence-corrected chi connectivity index (χ1v) is 7.75. The van der Waals surface area contributed by atoms with Gasteiger partial charge in [-0.2, -0.15) is 0 Å². The summed E-state index contributed by atoms with van der Waals surface area (Å²) in [6.07, 6.45) is 0. The number of amides is 1. The van der Waals surface area contributed by atoms with Gasteiger partial charge in [-0.1, -0.05) is 23.7 Å². The average Bonchev–Trinajstić information content (AvgIpc) is 2.90. The molecule has 0 bridgehead atoms. The number of hydrogen-bond acceptors (Lipinski definition) is 3. The summed E-state index contributed by atoms with van der Waals surface area (Å²) in [5.41, 5.74) is 7.72. The second kappa shape index (κ2) is 6.66. The van der Waals surface area contributed by atoms with Crippen LogP contribution in [0.15, 0.2) is 48.5 Å². The predicted molar refractivity (Wildman–Crippen MR) is 87.6 cm³/mol. The third-order valence-electron chi connectivity index (χ3n) is 4.00. The monoisotopic (exact) mass is 333 g/mol. The van der Waals surface area contributed by atoms with Crippen molar-refractivity contribution in [3.05, 3.63) is 70.5 Å². The van der Waals surface area contributed by atoms with Gasteiger partial charge < -0.3 is 5.32 Å². The molecule has 0 saturated carbocycles. The molecule has 0 radical (unpaired) electrons. The molecule has 2 aromatic carbocycles. The highest BCUT2D eigenvalue weighted by Crippen LogP contribution is 2.23. The molecule has 0 aliphatic carbocycles. The van der Waals surface area contributed by atoms with Crippen molar-refractivity contribution < 1.29 is 9.18 Å². The molecule has 1 heterocycles. The molecule has 120 valence electrons. The molecule has 2 aromatic rings. The third kappa shape index (κ3) is 3.52. The molecule has 3 unspecified atom stereocenters. The van der Waals surface area contributed by atoms with E-state index in [-0.39, 0.29) is 29.8 Å². The Kier molecular flexibility index (Phi) is 4.61. The normalized spacial score (nSPS) is 23.7. The van der Waals surface area contributed by atoms with Crippen LogP contribution in [0.5, 0.6) is 0 Å². The van der Waals surface area contributed by atoms with E-state index < -0.39 is 0 Å². The summed E-state index contributed by atoms with van der Waals surface area (Å²) in [5.74, 6) is -0.453. The fourth-order valence-electron chi connectivity index (χ4n) is 2.69. The first kappa shape index (κ1) is 15.9. The first-order valence-electron chi connectivity index (χ1n) is 7.37. The molecule has 0 spiro atoms. The van der Waals surface area contributed by atoms with Crippen molar-refractivity contribution in [3.63, 3.8) is 0 Å². The van der Waals surface area contributed by atoms with Gasteiger partial charge >= 0.3 is 0 Å². The lowest BCUT2D eigenvalue weighted by Gasteiger charge is -2.23. The molecule has 1 fully saturated rings. The Hall–Kier alpha value is -1.95. The van der Waals surface area contributed by atoms with Gasteiger partial charge in [0, 0.05) is 16.6 Å². The van der Waals surface area contributed by atoms with Crippen molar-refractivity contribution in [3.8, 4) is 0 Å². The van der Waals surface area contributed by atoms with E-state index in [1.54, 1.807) is 36.4 Å². The lowest BCUT2D eigenvalue weighted by molar-refractivity contribution is 0.0930. The largest absolute Gasteiger partial charge is 0.346 e. The minimum atomic E-state index is -0.283. The van der Waals surface area contributed by atoms with Gasteiger partial charge in [-0.05, 0) is 48.9 Å². The van der Waals surface area contributed by atoms with Gasteiger partial charge in [-0.15, -0.1) is 0 Å². The van der Waals surface area contributed by atoms with Crippen LogP contribution in [0.2, 0.25) is 5.02 Å². The Morgan fingerprint density at radius 2 is 1.74 bits per heavy atom. The van der Waals surface area contributed by atoms with E-state index in [0.29, 0.717) is 10.6 Å². The second-order valence-electron chi connectivity index (χ2n) is 5.61. The topological polar surface area (TPSA) is 53.2 Å². The van der Waals surface area contributed by atoms with Crippen molar-refractivity contribution in [2.45, 2.75) is 25.0 Å². The van der Waals surface area contributed by atoms with Gasteiger partial charge in [0.15, 0.2) is 0 Å². The number of carbonyl (C=O) groups is 1. The number of nitrogens with one attached hydrogen (secondary N) is 3. The van der Waals surface area contributed by atoms with E-state index in [1.807, 2.05) is 6.92 Å². The van der Waals surface area contributed by atoms with E-state index in [9.17, 15) is 9.18 Å². The standard InChI is InChI=1S/C17H17ClFN3O/c1-10-15(20-17(23)12-2-6-13(18)7-3-12)16(22-21-10)11-4-8-14(19)9-5-11/h2-10,15-16,21-22H,1H3,(H,20,23). The zero-order valence-electron chi connectivity index (χ0n) is 12.5. The molecule has 3 rings (SSSR count). The summed E-state index contributed by atoms with van der Waals surface area (Å²) >= 11 is 5.84. The van der Waals surface area contributed by atoms with E-state index in [2.05, 4.69) is 16.2 Å². The highest BCUT2D eigenvalue weighted by Gasteiger charge is 2.35. The van der Waals surface area contributed by atoms with Crippen molar-refractivity contribution in [2.24, 2.45) is 0 Å². The van der Waals surface area contributed by atoms with Crippen LogP contribution in [0.1, 0.15) is 28.9 Å². The fourth-order valence-corrected chi connectivity index (χ4v) is 2.82. The Morgan fingerprint density at radius 1 is 1.09 bits per heavy atom. The van der Waals surface area contributed by atoms with E-state index >= 15 is 0 Å². The van der Waals surface area contributed by atoms with Crippen LogP contribution in [0.25, 0.3) is 0 Å². The summed E-state index contributed by atoms with van der Waals surface area (Å²) < 4.78 is 13.1. The Morgan fingerprint density at radius 3 is 2.39 bits per heavy atom. The maximum Gasteiger partial charge on any atom is 0.251 e. The molecular formula is C17H17ClFN3O. The maximum atomic E-state index is 13.1. The van der Waals surface area contributed by atoms with E-state index in [0.717, 1.165) is 5.56 Å². The van der Waals surface area contributed by atoms with Crippen molar-refractivity contribution in [1.82, 2.24) is 16.2 Å². The summed E-state index contributed by atoms with van der Waals surface area (Å²) in [6, 6.07) is 12.7. The summed E-state index contributed by atoms with van der Waals surface area (Å²) in [6.45, 7) is 1.98. The molecule has 23 heavy (non-hydrogen) atoms. The van der Waals surface area contributed by atoms with Gasteiger partial charge in [0.1, 0.15) is 5.82 Å². The average molecular weight is 334 g/mol. The van der Waals surface area contributed by atoms with Crippen LogP contribution in [0, 0.1) is 5.82 Å². The second-order valence-corrected chi connectivity index (χ2v) is 6.05. The number of benzene rings is 2. The molecule has 3 N–H and O–H groups in total. The zero-order chi connectivity index (χ0) is 16.4. The van der Waals surface area contributed by atoms with Crippen LogP contribution < -0.4 is 16.2 Å². The van der Waals surface area contributed by atoms with Gasteiger partial charge in [-0.25, -0.2) is 9.82 Å². The van der Waals surface area contributed by atoms with Crippen LogP contribution in [0.4, 0.5) is 4.39 Å². The molecule has 1 aliphatic rings. The first-order chi connectivity index (χ1) is 11.0. The summed E-state index contributed by atoms with van der Waals surface area (Å²) in [5, 5.41) is 3.61. The zero-order valence-corrected chi connectivity index (χ0v) is 13.3. The molecule has 3 atom stereocenters. The predicted octanol–water partition coefficient (Wildman–Crippen LogP) is 2.82. The van der Waals surface area contributed by atoms with Crippen molar-refractivity contribution in [1.29, 1.82) is 0 Å². The molecule has 4 nitrogen and oxygen atoms in total. The van der Waals surface area contributed by atoms with Gasteiger partial charge in [0.05, 0.1) is 12.1 Å². The lowest BCUT2D eigenvalue weighted by atomic mass is 9.96. The lowest BCUT2D eigenvalue weighted by Crippen LogP contribution is -2.44. The number of hydrogen-bond donors (Lipinski definition) is 3. The Bertz CT molecular complexity index is 690. The van der Waals surface area contributed by atoms with Crippen molar-refractivity contribution >= 4 is 17.5 Å². The van der Waals surface area contributed by atoms with E-state index in [1.165, 1.54) is 12.1 Å². The quantitative estimate of drug-likeness (QED) is 0.809. The Balaban J connectivity index is 1.77. The summed E-state index contributed by atoms with van der Waals surface area (Å²) in [4.78, 5) is 12.4. The molecule has 0 aromatic heterocycles. The van der Waals surface area contributed by atoms with Crippen LogP contribution in [-0.4, -0.2) is 18.0 Å². The minimum absolute atomic E-state index is 0.0290. The molecule has 1 amide bonds. The molecular weight excluding hydrogens is 317 g/mol. The van der Waals surface area contributed by atoms with Crippen LogP contribution >= 0.6 is 11.6 Å². The van der Waals surface area contributed by atoms with Gasteiger partial charge in [-0.3, -0.25) is 10.2 Å². The number of carbonyl (C=O) groups excluding carboxylic acids is 1. The third-order valence-corrected chi connectivity index (χ3v) is 4.25. The highest BCUT2D eigenvalue weighted by molar-refractivity contribution is 6.30. The molecule has 1 aliphatic heterocycles. The summed E-state index contributed by atoms with van der Waals surface area (Å²) in [7, 11) is 0. The number of rotatable bonds is 3. The minimum Gasteiger partial charge on any atom is -0.346 e. The van der Waals surface area contributed by atoms with Gasteiger partial charge in [0.2, 0.25) is 0 Å². The molecule has 6 heteroatoms. The number of halogens is 2.